The third-order valence-corrected chi connectivity index (χ3v) is 8.69. The van der Waals surface area contributed by atoms with Gasteiger partial charge in [-0.15, -0.1) is 0 Å². The van der Waals surface area contributed by atoms with Crippen molar-refractivity contribution in [3.8, 4) is 0 Å². The van der Waals surface area contributed by atoms with Crippen LogP contribution in [0.4, 0.5) is 4.39 Å². The second-order valence-corrected chi connectivity index (χ2v) is 11.3. The topological polar surface area (TPSA) is 48.8 Å². The van der Waals surface area contributed by atoms with Gasteiger partial charge in [-0.1, -0.05) is 63.7 Å². The molecule has 2 aromatic carbocycles. The number of amidine groups is 2. The van der Waals surface area contributed by atoms with Crippen molar-refractivity contribution in [2.45, 2.75) is 19.1 Å². The first-order valence-corrected chi connectivity index (χ1v) is 13.8. The lowest BCUT2D eigenvalue weighted by molar-refractivity contribution is 0.604. The summed E-state index contributed by atoms with van der Waals surface area (Å²) in [4.78, 5) is 9.04. The van der Waals surface area contributed by atoms with Crippen LogP contribution in [0, 0.1) is 5.82 Å². The molecule has 2 aromatic rings. The summed E-state index contributed by atoms with van der Waals surface area (Å²) in [6.45, 7) is 5.52. The fraction of sp³-hybridized carbons (Fsp3) is 0.273. The third kappa shape index (κ3) is 5.73. The Morgan fingerprint density at radius 2 is 2.12 bits per heavy atom. The average Bonchev–Trinajstić information content (AvgIpc) is 3.47. The van der Waals surface area contributed by atoms with E-state index in [2.05, 4.69) is 59.1 Å². The molecule has 1 fully saturated rings. The summed E-state index contributed by atoms with van der Waals surface area (Å²) in [5, 5.41) is 9.28. The lowest BCUT2D eigenvalue weighted by atomic mass is 10.0. The zero-order chi connectivity index (χ0) is 22.7. The molecular formula is C22H20Br2ClFN4S2. The van der Waals surface area contributed by atoms with Crippen LogP contribution in [-0.4, -0.2) is 28.4 Å². The number of thioether (sulfide) groups is 2. The Morgan fingerprint density at radius 1 is 1.28 bits per heavy atom. The number of aliphatic imine (C=N–C) groups is 2. The predicted octanol–water partition coefficient (Wildman–Crippen LogP) is 6.77. The fourth-order valence-electron chi connectivity index (χ4n) is 3.38. The molecule has 2 aliphatic rings. The lowest BCUT2D eigenvalue weighted by Gasteiger charge is -2.17. The second-order valence-electron chi connectivity index (χ2n) is 7.17. The maximum atomic E-state index is 14.4. The molecule has 1 unspecified atom stereocenters. The van der Waals surface area contributed by atoms with Gasteiger partial charge in [-0.25, -0.2) is 4.39 Å². The van der Waals surface area contributed by atoms with E-state index in [1.165, 1.54) is 0 Å². The van der Waals surface area contributed by atoms with Gasteiger partial charge in [0.05, 0.1) is 23.6 Å². The Labute approximate surface area is 217 Å². The van der Waals surface area contributed by atoms with E-state index in [-0.39, 0.29) is 18.4 Å². The molecule has 0 saturated carbocycles. The highest BCUT2D eigenvalue weighted by molar-refractivity contribution is 9.10. The van der Waals surface area contributed by atoms with E-state index in [4.69, 9.17) is 11.6 Å². The van der Waals surface area contributed by atoms with E-state index >= 15 is 0 Å². The van der Waals surface area contributed by atoms with Crippen molar-refractivity contribution in [2.24, 2.45) is 9.98 Å². The molecule has 4 rings (SSSR count). The van der Waals surface area contributed by atoms with Crippen LogP contribution in [0.15, 0.2) is 49.8 Å². The van der Waals surface area contributed by atoms with Gasteiger partial charge < -0.3 is 10.6 Å². The van der Waals surface area contributed by atoms with Crippen LogP contribution in [0.25, 0.3) is 6.08 Å². The molecule has 0 spiro atoms. The molecule has 2 heterocycles. The van der Waals surface area contributed by atoms with E-state index in [1.807, 2.05) is 12.1 Å². The van der Waals surface area contributed by atoms with Gasteiger partial charge in [-0.05, 0) is 56.9 Å². The molecule has 4 nitrogen and oxygen atoms in total. The van der Waals surface area contributed by atoms with Gasteiger partial charge in [0.25, 0.3) is 0 Å². The number of nitrogens with one attached hydrogen (secondary N) is 2. The van der Waals surface area contributed by atoms with Crippen molar-refractivity contribution < 1.29 is 4.39 Å². The van der Waals surface area contributed by atoms with E-state index < -0.39 is 0 Å². The first kappa shape index (κ1) is 24.1. The molecule has 0 aromatic heterocycles. The van der Waals surface area contributed by atoms with Gasteiger partial charge in [0.15, 0.2) is 10.3 Å². The maximum Gasteiger partial charge on any atom is 0.157 e. The molecule has 10 heteroatoms. The molecule has 1 saturated heterocycles. The average molecular weight is 619 g/mol. The van der Waals surface area contributed by atoms with Crippen LogP contribution in [0.1, 0.15) is 28.3 Å². The Morgan fingerprint density at radius 3 is 2.88 bits per heavy atom. The zero-order valence-electron chi connectivity index (χ0n) is 16.9. The Bertz CT molecular complexity index is 1110. The van der Waals surface area contributed by atoms with Crippen molar-refractivity contribution in [3.63, 3.8) is 0 Å². The molecular weight excluding hydrogens is 599 g/mol. The van der Waals surface area contributed by atoms with E-state index in [9.17, 15) is 4.39 Å². The number of hydrogen-bond donors (Lipinski definition) is 2. The third-order valence-electron chi connectivity index (χ3n) is 4.97. The highest BCUT2D eigenvalue weighted by atomic mass is 79.9. The molecule has 0 radical (unpaired) electrons. The zero-order valence-corrected chi connectivity index (χ0v) is 22.5. The van der Waals surface area contributed by atoms with Crippen molar-refractivity contribution in [3.05, 3.63) is 72.9 Å². The van der Waals surface area contributed by atoms with Gasteiger partial charge in [-0.2, -0.15) is 0 Å². The Kier molecular flexibility index (Phi) is 8.26. The van der Waals surface area contributed by atoms with Crippen molar-refractivity contribution in [2.75, 3.05) is 18.1 Å². The predicted molar refractivity (Wildman–Crippen MR) is 144 cm³/mol. The van der Waals surface area contributed by atoms with Crippen LogP contribution >= 0.6 is 67.0 Å². The number of hydrogen-bond acceptors (Lipinski definition) is 5. The molecule has 32 heavy (non-hydrogen) atoms. The molecule has 0 amide bonds. The SMILES string of the molecule is C=Cc1cc(Br)c(F)c(CN=C2NC(c3cc(Cl)cc(CNC4=NCCS4)c3Br)CS2)c1. The van der Waals surface area contributed by atoms with Crippen LogP contribution in [-0.2, 0) is 13.1 Å². The summed E-state index contributed by atoms with van der Waals surface area (Å²) in [7, 11) is 0. The fourth-order valence-corrected chi connectivity index (χ4v) is 6.49. The van der Waals surface area contributed by atoms with Gasteiger partial charge >= 0.3 is 0 Å². The quantitative estimate of drug-likeness (QED) is 0.375. The second kappa shape index (κ2) is 11.0. The summed E-state index contributed by atoms with van der Waals surface area (Å²) in [6, 6.07) is 7.47. The summed E-state index contributed by atoms with van der Waals surface area (Å²) >= 11 is 16.8. The van der Waals surface area contributed by atoms with E-state index in [0.29, 0.717) is 21.6 Å². The summed E-state index contributed by atoms with van der Waals surface area (Å²) in [6.07, 6.45) is 1.69. The minimum atomic E-state index is -0.292. The van der Waals surface area contributed by atoms with E-state index in [1.54, 1.807) is 41.7 Å². The van der Waals surface area contributed by atoms with Gasteiger partial charge in [0, 0.05) is 33.1 Å². The maximum absolute atomic E-state index is 14.4. The first-order chi connectivity index (χ1) is 15.4. The molecule has 0 aliphatic carbocycles. The van der Waals surface area contributed by atoms with Crippen molar-refractivity contribution in [1.82, 2.24) is 10.6 Å². The van der Waals surface area contributed by atoms with E-state index in [0.717, 1.165) is 49.5 Å². The van der Waals surface area contributed by atoms with Crippen molar-refractivity contribution >= 4 is 83.4 Å². The molecule has 1 atom stereocenters. The number of halogens is 4. The van der Waals surface area contributed by atoms with Crippen LogP contribution in [0.3, 0.4) is 0 Å². The highest BCUT2D eigenvalue weighted by Gasteiger charge is 2.25. The van der Waals surface area contributed by atoms with Gasteiger partial charge in [0.1, 0.15) is 5.82 Å². The summed E-state index contributed by atoms with van der Waals surface area (Å²) in [5.41, 5.74) is 3.53. The highest BCUT2D eigenvalue weighted by Crippen LogP contribution is 2.35. The molecule has 2 aliphatic heterocycles. The molecule has 168 valence electrons. The van der Waals surface area contributed by atoms with Crippen LogP contribution in [0.5, 0.6) is 0 Å². The first-order valence-electron chi connectivity index (χ1n) is 9.87. The van der Waals surface area contributed by atoms with Gasteiger partial charge in [0.2, 0.25) is 0 Å². The number of rotatable bonds is 6. The standard InChI is InChI=1S/C22H20Br2ClFN4S2/c1-2-12-5-14(20(26)17(23)6-12)10-29-22-30-18(11-32-22)16-8-15(25)7-13(19(16)24)9-28-21-27-3-4-31-21/h2,5-8,18H,1,3-4,9-11H2,(H,27,28)(H,29,30). The Balaban J connectivity index is 1.47. The molecule has 0 bridgehead atoms. The largest absolute Gasteiger partial charge is 0.361 e. The van der Waals surface area contributed by atoms with Gasteiger partial charge in [-0.3, -0.25) is 9.98 Å². The minimum absolute atomic E-state index is 0.0554. The Hall–Kier alpha value is -1.000. The number of benzene rings is 2. The number of nitrogens with zero attached hydrogens (tertiary/aromatic N) is 2. The summed E-state index contributed by atoms with van der Waals surface area (Å²) in [5.74, 6) is 1.54. The monoisotopic (exact) mass is 616 g/mol. The normalized spacial score (nSPS) is 19.2. The van der Waals surface area contributed by atoms with Crippen LogP contribution in [0.2, 0.25) is 5.02 Å². The minimum Gasteiger partial charge on any atom is -0.361 e. The molecule has 2 N–H and O–H groups in total. The van der Waals surface area contributed by atoms with Crippen molar-refractivity contribution in [1.29, 1.82) is 0 Å². The summed E-state index contributed by atoms with van der Waals surface area (Å²) < 4.78 is 15.9. The smallest absolute Gasteiger partial charge is 0.157 e. The lowest BCUT2D eigenvalue weighted by Crippen LogP contribution is -2.22. The van der Waals surface area contributed by atoms with Crippen LogP contribution < -0.4 is 10.6 Å².